The molecule has 19 heavy (non-hydrogen) atoms. The highest BCUT2D eigenvalue weighted by Crippen LogP contribution is 2.39. The number of rotatable bonds is 3. The Labute approximate surface area is 117 Å². The molecular formula is C14H20N2O2S. The van der Waals surface area contributed by atoms with Gasteiger partial charge < -0.3 is 10.0 Å². The van der Waals surface area contributed by atoms with Crippen LogP contribution in [0.5, 0.6) is 0 Å². The Balaban J connectivity index is 1.86. The van der Waals surface area contributed by atoms with Crippen LogP contribution in [0.1, 0.15) is 55.0 Å². The number of carbonyl (C=O) groups is 1. The molecule has 2 aliphatic carbocycles. The Morgan fingerprint density at radius 2 is 2.05 bits per heavy atom. The number of aromatic nitrogens is 1. The molecular weight excluding hydrogens is 260 g/mol. The van der Waals surface area contributed by atoms with Gasteiger partial charge in [-0.15, -0.1) is 11.3 Å². The second-order valence-corrected chi connectivity index (χ2v) is 6.70. The number of thiazole rings is 1. The summed E-state index contributed by atoms with van der Waals surface area (Å²) in [5, 5.41) is 10.3. The van der Waals surface area contributed by atoms with Crippen LogP contribution in [0.25, 0.3) is 0 Å². The van der Waals surface area contributed by atoms with Crippen LogP contribution in [-0.4, -0.2) is 29.1 Å². The summed E-state index contributed by atoms with van der Waals surface area (Å²) in [4.78, 5) is 19.4. The monoisotopic (exact) mass is 280 g/mol. The number of hydrogen-bond donors (Lipinski definition) is 1. The van der Waals surface area contributed by atoms with Crippen molar-refractivity contribution in [3.05, 3.63) is 10.6 Å². The molecule has 1 saturated carbocycles. The second-order valence-electron chi connectivity index (χ2n) is 5.64. The standard InChI is InChI=1S/C14H20N2O2S/c1-16(9-5-2-3-6-9)14-15-12-10(13(17)18)7-4-8-11(12)19-14/h9-10H,2-8H2,1H3,(H,17,18). The van der Waals surface area contributed by atoms with Gasteiger partial charge in [-0.25, -0.2) is 4.98 Å². The predicted molar refractivity (Wildman–Crippen MR) is 76.1 cm³/mol. The van der Waals surface area contributed by atoms with Crippen LogP contribution in [0.3, 0.4) is 0 Å². The van der Waals surface area contributed by atoms with E-state index in [1.165, 1.54) is 30.6 Å². The van der Waals surface area contributed by atoms with E-state index in [4.69, 9.17) is 0 Å². The molecule has 1 fully saturated rings. The third kappa shape index (κ3) is 2.36. The van der Waals surface area contributed by atoms with Gasteiger partial charge in [0.1, 0.15) is 5.92 Å². The van der Waals surface area contributed by atoms with Gasteiger partial charge in [-0.2, -0.15) is 0 Å². The third-order valence-corrected chi connectivity index (χ3v) is 5.64. The van der Waals surface area contributed by atoms with Gasteiger partial charge in [-0.05, 0) is 32.1 Å². The largest absolute Gasteiger partial charge is 0.481 e. The Kier molecular flexibility index (Phi) is 3.48. The zero-order valence-electron chi connectivity index (χ0n) is 11.3. The zero-order valence-corrected chi connectivity index (χ0v) is 12.1. The smallest absolute Gasteiger partial charge is 0.312 e. The quantitative estimate of drug-likeness (QED) is 0.924. The molecule has 3 rings (SSSR count). The van der Waals surface area contributed by atoms with Gasteiger partial charge >= 0.3 is 5.97 Å². The lowest BCUT2D eigenvalue weighted by Gasteiger charge is -2.23. The second kappa shape index (κ2) is 5.12. The van der Waals surface area contributed by atoms with E-state index in [1.807, 2.05) is 0 Å². The summed E-state index contributed by atoms with van der Waals surface area (Å²) in [7, 11) is 2.11. The Morgan fingerprint density at radius 1 is 1.32 bits per heavy atom. The van der Waals surface area contributed by atoms with Crippen molar-refractivity contribution in [2.24, 2.45) is 0 Å². The number of anilines is 1. The highest BCUT2D eigenvalue weighted by molar-refractivity contribution is 7.15. The summed E-state index contributed by atoms with van der Waals surface area (Å²) in [5.74, 6) is -1.10. The number of carboxylic acid groups (broad SMARTS) is 1. The van der Waals surface area contributed by atoms with Crippen molar-refractivity contribution >= 4 is 22.4 Å². The highest BCUT2D eigenvalue weighted by atomic mass is 32.1. The van der Waals surface area contributed by atoms with Gasteiger partial charge in [0.15, 0.2) is 5.13 Å². The molecule has 0 amide bonds. The summed E-state index contributed by atoms with van der Waals surface area (Å²) < 4.78 is 0. The third-order valence-electron chi connectivity index (χ3n) is 4.42. The summed E-state index contributed by atoms with van der Waals surface area (Å²) in [6.07, 6.45) is 7.79. The van der Waals surface area contributed by atoms with Crippen molar-refractivity contribution < 1.29 is 9.90 Å². The maximum absolute atomic E-state index is 11.3. The van der Waals surface area contributed by atoms with E-state index in [9.17, 15) is 9.90 Å². The number of nitrogens with zero attached hydrogens (tertiary/aromatic N) is 2. The minimum Gasteiger partial charge on any atom is -0.481 e. The molecule has 0 radical (unpaired) electrons. The van der Waals surface area contributed by atoms with E-state index in [0.29, 0.717) is 6.04 Å². The molecule has 0 spiro atoms. The van der Waals surface area contributed by atoms with E-state index in [0.717, 1.165) is 30.1 Å². The lowest BCUT2D eigenvalue weighted by molar-refractivity contribution is -0.139. The van der Waals surface area contributed by atoms with Crippen LogP contribution in [0.15, 0.2) is 0 Å². The summed E-state index contributed by atoms with van der Waals surface area (Å²) in [6.45, 7) is 0. The molecule has 1 unspecified atom stereocenters. The van der Waals surface area contributed by atoms with E-state index < -0.39 is 5.97 Å². The molecule has 4 nitrogen and oxygen atoms in total. The molecule has 2 aliphatic rings. The predicted octanol–water partition coefficient (Wildman–Crippen LogP) is 3.03. The molecule has 104 valence electrons. The van der Waals surface area contributed by atoms with Crippen molar-refractivity contribution in [3.63, 3.8) is 0 Å². The normalized spacial score (nSPS) is 23.3. The Bertz CT molecular complexity index is 480. The highest BCUT2D eigenvalue weighted by Gasteiger charge is 2.31. The number of fused-ring (bicyclic) bond motifs is 1. The van der Waals surface area contributed by atoms with Gasteiger partial charge in [0.25, 0.3) is 0 Å². The molecule has 0 aliphatic heterocycles. The SMILES string of the molecule is CN(c1nc2c(s1)CCCC2C(=O)O)C1CCCC1. The summed E-state index contributed by atoms with van der Waals surface area (Å²) in [5.41, 5.74) is 0.837. The van der Waals surface area contributed by atoms with Crippen LogP contribution in [0.4, 0.5) is 5.13 Å². The molecule has 5 heteroatoms. The van der Waals surface area contributed by atoms with Crippen LogP contribution >= 0.6 is 11.3 Å². The fraction of sp³-hybridized carbons (Fsp3) is 0.714. The minimum atomic E-state index is -0.721. The van der Waals surface area contributed by atoms with Crippen LogP contribution in [0, 0.1) is 0 Å². The molecule has 1 N–H and O–H groups in total. The summed E-state index contributed by atoms with van der Waals surface area (Å²) in [6, 6.07) is 0.593. The van der Waals surface area contributed by atoms with Crippen molar-refractivity contribution in [1.82, 2.24) is 4.98 Å². The van der Waals surface area contributed by atoms with E-state index in [1.54, 1.807) is 11.3 Å². The number of aryl methyl sites for hydroxylation is 1. The number of carboxylic acids is 1. The fourth-order valence-electron chi connectivity index (χ4n) is 3.24. The van der Waals surface area contributed by atoms with Gasteiger partial charge in [-0.3, -0.25) is 4.79 Å². The maximum atomic E-state index is 11.3. The van der Waals surface area contributed by atoms with Gasteiger partial charge in [0.2, 0.25) is 0 Å². The van der Waals surface area contributed by atoms with Gasteiger partial charge in [0, 0.05) is 18.0 Å². The van der Waals surface area contributed by atoms with Gasteiger partial charge in [-0.1, -0.05) is 12.8 Å². The first-order valence-corrected chi connectivity index (χ1v) is 7.93. The molecule has 1 aromatic heterocycles. The van der Waals surface area contributed by atoms with E-state index in [-0.39, 0.29) is 5.92 Å². The van der Waals surface area contributed by atoms with Crippen molar-refractivity contribution in [2.45, 2.75) is 56.9 Å². The number of hydrogen-bond acceptors (Lipinski definition) is 4. The molecule has 1 heterocycles. The first-order chi connectivity index (χ1) is 9.16. The molecule has 1 atom stereocenters. The van der Waals surface area contributed by atoms with Crippen LogP contribution < -0.4 is 4.90 Å². The van der Waals surface area contributed by atoms with E-state index >= 15 is 0 Å². The van der Waals surface area contributed by atoms with Crippen LogP contribution in [0.2, 0.25) is 0 Å². The number of aliphatic carboxylic acids is 1. The first kappa shape index (κ1) is 12.9. The van der Waals surface area contributed by atoms with Crippen LogP contribution in [-0.2, 0) is 11.2 Å². The fourth-order valence-corrected chi connectivity index (χ4v) is 4.44. The average molecular weight is 280 g/mol. The molecule has 1 aromatic rings. The summed E-state index contributed by atoms with van der Waals surface area (Å²) >= 11 is 1.70. The topological polar surface area (TPSA) is 53.4 Å². The Morgan fingerprint density at radius 3 is 2.74 bits per heavy atom. The molecule has 0 saturated heterocycles. The first-order valence-electron chi connectivity index (χ1n) is 7.12. The van der Waals surface area contributed by atoms with Crippen molar-refractivity contribution in [1.29, 1.82) is 0 Å². The molecule has 0 aromatic carbocycles. The Hall–Kier alpha value is -1.10. The van der Waals surface area contributed by atoms with E-state index in [2.05, 4.69) is 16.9 Å². The lowest BCUT2D eigenvalue weighted by atomic mass is 9.91. The minimum absolute atomic E-state index is 0.384. The molecule has 0 bridgehead atoms. The van der Waals surface area contributed by atoms with Gasteiger partial charge in [0.05, 0.1) is 5.69 Å². The van der Waals surface area contributed by atoms with Crippen molar-refractivity contribution in [2.75, 3.05) is 11.9 Å². The average Bonchev–Trinajstić information content (AvgIpc) is 3.06. The zero-order chi connectivity index (χ0) is 13.4. The maximum Gasteiger partial charge on any atom is 0.312 e. The van der Waals surface area contributed by atoms with Crippen molar-refractivity contribution in [3.8, 4) is 0 Å². The lowest BCUT2D eigenvalue weighted by Crippen LogP contribution is -2.28.